The third-order valence-corrected chi connectivity index (χ3v) is 9.69. The van der Waals surface area contributed by atoms with Crippen LogP contribution in [0.5, 0.6) is 0 Å². The Morgan fingerprint density at radius 1 is 0.800 bits per heavy atom. The molecule has 2 amide bonds. The van der Waals surface area contributed by atoms with Crippen molar-refractivity contribution in [2.45, 2.75) is 0 Å². The molecule has 0 atom stereocenters. The van der Waals surface area contributed by atoms with E-state index < -0.39 is 7.26 Å². The Kier molecular flexibility index (Phi) is 8.01. The summed E-state index contributed by atoms with van der Waals surface area (Å²) in [7, 11) is 1.55. The molecule has 30 heavy (non-hydrogen) atoms. The van der Waals surface area contributed by atoms with E-state index in [1.807, 2.05) is 0 Å². The summed E-state index contributed by atoms with van der Waals surface area (Å²) in [6.45, 7) is 1.71. The lowest BCUT2D eigenvalue weighted by Gasteiger charge is -2.27. The fraction of sp³-hybridized carbons (Fsp3) is 0.240. The Morgan fingerprint density at radius 3 is 1.63 bits per heavy atom. The Morgan fingerprint density at radius 2 is 1.23 bits per heavy atom. The highest BCUT2D eigenvalue weighted by Crippen LogP contribution is 2.54. The molecule has 1 N–H and O–H groups in total. The molecular weight excluding hydrogens is 391 g/mol. The molecule has 0 aliphatic carbocycles. The topological polar surface area (TPSA) is 41.6 Å². The molecule has 0 radical (unpaired) electrons. The number of ether oxygens (including phenoxy) is 1. The zero-order valence-corrected chi connectivity index (χ0v) is 18.6. The lowest BCUT2D eigenvalue weighted by Crippen LogP contribution is -2.37. The van der Waals surface area contributed by atoms with Crippen molar-refractivity contribution in [3.63, 3.8) is 0 Å². The van der Waals surface area contributed by atoms with E-state index in [-0.39, 0.29) is 6.03 Å². The molecule has 0 aliphatic rings. The van der Waals surface area contributed by atoms with Gasteiger partial charge in [0.25, 0.3) is 0 Å². The fourth-order valence-corrected chi connectivity index (χ4v) is 7.79. The fourth-order valence-electron chi connectivity index (χ4n) is 3.68. The van der Waals surface area contributed by atoms with Gasteiger partial charge in [-0.2, -0.15) is 0 Å². The van der Waals surface area contributed by atoms with E-state index in [4.69, 9.17) is 4.74 Å². The van der Waals surface area contributed by atoms with Crippen LogP contribution in [-0.4, -0.2) is 50.9 Å². The number of hydrogen-bond donors (Lipinski definition) is 1. The second-order valence-electron chi connectivity index (χ2n) is 7.13. The summed E-state index contributed by atoms with van der Waals surface area (Å²) < 4.78 is 6.03. The van der Waals surface area contributed by atoms with Crippen molar-refractivity contribution in [2.75, 3.05) is 40.0 Å². The lowest BCUT2D eigenvalue weighted by molar-refractivity contribution is 0.128. The highest BCUT2D eigenvalue weighted by Gasteiger charge is 2.44. The van der Waals surface area contributed by atoms with Crippen molar-refractivity contribution in [3.8, 4) is 0 Å². The molecule has 0 fully saturated rings. The number of benzene rings is 3. The van der Waals surface area contributed by atoms with E-state index in [2.05, 4.69) is 96.3 Å². The number of nitrogens with zero attached hydrogens (tertiary/aromatic N) is 1. The molecule has 0 heterocycles. The SMILES string of the molecule is CNC(=O)N(C)CCOCC[P+](c1ccccc1)(c1ccccc1)c1ccccc1. The number of nitrogens with one attached hydrogen (secondary N) is 1. The molecule has 3 aromatic rings. The molecule has 3 rings (SSSR count). The zero-order valence-electron chi connectivity index (χ0n) is 17.7. The molecule has 0 spiro atoms. The molecule has 156 valence electrons. The zero-order chi connectivity index (χ0) is 21.2. The average molecular weight is 422 g/mol. The first-order valence-corrected chi connectivity index (χ1v) is 12.2. The van der Waals surface area contributed by atoms with Crippen LogP contribution in [-0.2, 0) is 4.74 Å². The molecule has 0 unspecified atom stereocenters. The summed E-state index contributed by atoms with van der Waals surface area (Å²) >= 11 is 0. The first-order valence-electron chi connectivity index (χ1n) is 10.2. The molecule has 4 nitrogen and oxygen atoms in total. The number of carbonyl (C=O) groups excluding carboxylic acids is 1. The van der Waals surface area contributed by atoms with Gasteiger partial charge in [-0.05, 0) is 36.4 Å². The standard InChI is InChI=1S/C25H29N2O2P/c1-26-25(28)27(2)18-19-29-20-21-30(22-12-6-3-7-13-22,23-14-8-4-9-15-23)24-16-10-5-11-17-24/h3-17H,18-21H2,1-2H3/p+1. The maximum absolute atomic E-state index is 11.7. The summed E-state index contributed by atoms with van der Waals surface area (Å²) in [5.41, 5.74) is 0. The molecule has 0 bridgehead atoms. The van der Waals surface area contributed by atoms with Crippen molar-refractivity contribution >= 4 is 29.2 Å². The van der Waals surface area contributed by atoms with Gasteiger partial charge in [0.15, 0.2) is 0 Å². The van der Waals surface area contributed by atoms with E-state index >= 15 is 0 Å². The van der Waals surface area contributed by atoms with Crippen LogP contribution in [0.25, 0.3) is 0 Å². The first kappa shape index (κ1) is 22.0. The normalized spacial score (nSPS) is 11.1. The highest BCUT2D eigenvalue weighted by molar-refractivity contribution is 7.95. The summed E-state index contributed by atoms with van der Waals surface area (Å²) in [5.74, 6) is 0. The van der Waals surface area contributed by atoms with Crippen molar-refractivity contribution < 1.29 is 9.53 Å². The van der Waals surface area contributed by atoms with Gasteiger partial charge < -0.3 is 15.0 Å². The summed E-state index contributed by atoms with van der Waals surface area (Å²) in [6, 6.07) is 32.3. The number of likely N-dealkylation sites (N-methyl/N-ethyl adjacent to an activating group) is 1. The van der Waals surface area contributed by atoms with Gasteiger partial charge in [0, 0.05) is 20.6 Å². The summed E-state index contributed by atoms with van der Waals surface area (Å²) in [5, 5.41) is 6.70. The minimum atomic E-state index is -1.86. The van der Waals surface area contributed by atoms with Gasteiger partial charge in [-0.3, -0.25) is 0 Å². The van der Waals surface area contributed by atoms with Crippen LogP contribution < -0.4 is 21.2 Å². The van der Waals surface area contributed by atoms with Gasteiger partial charge in [0.2, 0.25) is 0 Å². The Balaban J connectivity index is 1.87. The van der Waals surface area contributed by atoms with Gasteiger partial charge in [0.05, 0.1) is 19.4 Å². The van der Waals surface area contributed by atoms with Gasteiger partial charge in [0.1, 0.15) is 23.2 Å². The van der Waals surface area contributed by atoms with Crippen LogP contribution in [0.15, 0.2) is 91.0 Å². The van der Waals surface area contributed by atoms with Crippen LogP contribution in [0.3, 0.4) is 0 Å². The van der Waals surface area contributed by atoms with E-state index in [1.54, 1.807) is 19.0 Å². The first-order chi connectivity index (χ1) is 14.7. The molecule has 3 aromatic carbocycles. The van der Waals surface area contributed by atoms with Gasteiger partial charge in [-0.1, -0.05) is 54.6 Å². The molecule has 0 saturated heterocycles. The molecule has 0 aromatic heterocycles. The van der Waals surface area contributed by atoms with Crippen molar-refractivity contribution in [3.05, 3.63) is 91.0 Å². The summed E-state index contributed by atoms with van der Waals surface area (Å²) in [6.07, 6.45) is 0.911. The predicted octanol–water partition coefficient (Wildman–Crippen LogP) is 3.27. The maximum atomic E-state index is 11.7. The van der Waals surface area contributed by atoms with E-state index in [9.17, 15) is 4.79 Å². The monoisotopic (exact) mass is 421 g/mol. The van der Waals surface area contributed by atoms with Crippen LogP contribution in [0.2, 0.25) is 0 Å². The molecule has 5 heteroatoms. The van der Waals surface area contributed by atoms with Crippen LogP contribution >= 0.6 is 7.26 Å². The van der Waals surface area contributed by atoms with Gasteiger partial charge in [-0.15, -0.1) is 0 Å². The quantitative estimate of drug-likeness (QED) is 0.426. The predicted molar refractivity (Wildman–Crippen MR) is 128 cm³/mol. The molecular formula is C25H30N2O2P+. The largest absolute Gasteiger partial charge is 0.376 e. The van der Waals surface area contributed by atoms with E-state index in [0.717, 1.165) is 6.16 Å². The van der Waals surface area contributed by atoms with Crippen LogP contribution in [0.4, 0.5) is 4.79 Å². The third-order valence-electron chi connectivity index (χ3n) is 5.29. The third kappa shape index (κ3) is 5.08. The second-order valence-corrected chi connectivity index (χ2v) is 10.7. The highest BCUT2D eigenvalue weighted by atomic mass is 31.2. The molecule has 0 aliphatic heterocycles. The minimum Gasteiger partial charge on any atom is -0.376 e. The lowest BCUT2D eigenvalue weighted by atomic mass is 10.4. The van der Waals surface area contributed by atoms with E-state index in [0.29, 0.717) is 19.8 Å². The number of amides is 2. The number of urea groups is 1. The number of hydrogen-bond acceptors (Lipinski definition) is 2. The van der Waals surface area contributed by atoms with Crippen molar-refractivity contribution in [1.29, 1.82) is 0 Å². The van der Waals surface area contributed by atoms with Crippen LogP contribution in [0.1, 0.15) is 0 Å². The Bertz CT molecular complexity index is 808. The summed E-state index contributed by atoms with van der Waals surface area (Å²) in [4.78, 5) is 13.3. The van der Waals surface area contributed by atoms with Gasteiger partial charge in [-0.25, -0.2) is 4.79 Å². The second kappa shape index (κ2) is 10.9. The number of rotatable bonds is 9. The maximum Gasteiger partial charge on any atom is 0.316 e. The average Bonchev–Trinajstić information content (AvgIpc) is 2.82. The van der Waals surface area contributed by atoms with Crippen molar-refractivity contribution in [2.24, 2.45) is 0 Å². The Labute approximate surface area is 180 Å². The van der Waals surface area contributed by atoms with E-state index in [1.165, 1.54) is 15.9 Å². The number of carbonyl (C=O) groups is 1. The minimum absolute atomic E-state index is 0.0988. The van der Waals surface area contributed by atoms with Crippen molar-refractivity contribution in [1.82, 2.24) is 10.2 Å². The smallest absolute Gasteiger partial charge is 0.316 e. The van der Waals surface area contributed by atoms with Gasteiger partial charge >= 0.3 is 6.03 Å². The molecule has 0 saturated carbocycles. The Hall–Kier alpha value is -2.68. The van der Waals surface area contributed by atoms with Crippen LogP contribution in [0, 0.1) is 0 Å².